The van der Waals surface area contributed by atoms with Crippen LogP contribution in [0.25, 0.3) is 10.9 Å². The molecule has 0 saturated carbocycles. The molecule has 1 aromatic carbocycles. The molecule has 1 saturated heterocycles. The number of benzene rings is 1. The average Bonchev–Trinajstić information content (AvgIpc) is 2.89. The van der Waals surface area contributed by atoms with Gasteiger partial charge in [0.25, 0.3) is 0 Å². The Kier molecular flexibility index (Phi) is 4.58. The third-order valence-corrected chi connectivity index (χ3v) is 4.18. The van der Waals surface area contributed by atoms with Crippen molar-refractivity contribution in [1.82, 2.24) is 14.8 Å². The van der Waals surface area contributed by atoms with Crippen LogP contribution in [0.3, 0.4) is 0 Å². The minimum absolute atomic E-state index is 0.284. The fourth-order valence-corrected chi connectivity index (χ4v) is 3.09. The first-order valence-corrected chi connectivity index (χ1v) is 7.85. The van der Waals surface area contributed by atoms with Gasteiger partial charge in [0.2, 0.25) is 0 Å². The van der Waals surface area contributed by atoms with E-state index in [4.69, 9.17) is 4.74 Å². The molecule has 1 fully saturated rings. The zero-order valence-electron chi connectivity index (χ0n) is 13.0. The van der Waals surface area contributed by atoms with Crippen molar-refractivity contribution in [2.24, 2.45) is 0 Å². The van der Waals surface area contributed by atoms with E-state index in [1.165, 1.54) is 16.5 Å². The third-order valence-electron chi connectivity index (χ3n) is 4.18. The predicted molar refractivity (Wildman–Crippen MR) is 86.6 cm³/mol. The van der Waals surface area contributed by atoms with E-state index in [-0.39, 0.29) is 6.10 Å². The van der Waals surface area contributed by atoms with Crippen molar-refractivity contribution in [2.75, 3.05) is 33.3 Å². The van der Waals surface area contributed by atoms with Gasteiger partial charge in [0.15, 0.2) is 0 Å². The number of ether oxygens (including phenoxy) is 1. The lowest BCUT2D eigenvalue weighted by atomic mass is 10.1. The molecule has 0 spiro atoms. The van der Waals surface area contributed by atoms with E-state index < -0.39 is 0 Å². The van der Waals surface area contributed by atoms with Gasteiger partial charge in [0, 0.05) is 25.8 Å². The SMILES string of the molecule is CCNCc1cccc2ccn(CC3CN(C)CCO3)c12. The van der Waals surface area contributed by atoms with Crippen LogP contribution in [0.5, 0.6) is 0 Å². The third kappa shape index (κ3) is 3.28. The topological polar surface area (TPSA) is 29.4 Å². The Labute approximate surface area is 126 Å². The second-order valence-corrected chi connectivity index (χ2v) is 5.86. The molecular weight excluding hydrogens is 262 g/mol. The van der Waals surface area contributed by atoms with E-state index in [0.717, 1.165) is 39.3 Å². The molecule has 4 nitrogen and oxygen atoms in total. The summed E-state index contributed by atoms with van der Waals surface area (Å²) in [6.45, 7) is 7.87. The monoisotopic (exact) mass is 287 g/mol. The van der Waals surface area contributed by atoms with Crippen LogP contribution >= 0.6 is 0 Å². The molecule has 4 heteroatoms. The van der Waals surface area contributed by atoms with Crippen molar-refractivity contribution in [3.05, 3.63) is 36.0 Å². The Balaban J connectivity index is 1.84. The predicted octanol–water partition coefficient (Wildman–Crippen LogP) is 2.08. The molecule has 2 heterocycles. The van der Waals surface area contributed by atoms with Gasteiger partial charge in [-0.25, -0.2) is 0 Å². The minimum Gasteiger partial charge on any atom is -0.374 e. The number of aromatic nitrogens is 1. The number of likely N-dealkylation sites (N-methyl/N-ethyl adjacent to an activating group) is 1. The number of morpholine rings is 1. The Morgan fingerprint density at radius 2 is 2.24 bits per heavy atom. The molecular formula is C17H25N3O. The standard InChI is InChI=1S/C17H25N3O/c1-3-18-11-15-6-4-5-14-7-8-20(17(14)15)13-16-12-19(2)9-10-21-16/h4-8,16,18H,3,9-13H2,1-2H3. The van der Waals surface area contributed by atoms with Crippen LogP contribution in [0.15, 0.2) is 30.5 Å². The first kappa shape index (κ1) is 14.6. The van der Waals surface area contributed by atoms with Crippen molar-refractivity contribution in [3.63, 3.8) is 0 Å². The van der Waals surface area contributed by atoms with Gasteiger partial charge in [0.1, 0.15) is 0 Å². The Bertz CT molecular complexity index is 593. The van der Waals surface area contributed by atoms with E-state index in [9.17, 15) is 0 Å². The highest BCUT2D eigenvalue weighted by molar-refractivity contribution is 5.83. The summed E-state index contributed by atoms with van der Waals surface area (Å²) in [4.78, 5) is 2.35. The van der Waals surface area contributed by atoms with E-state index >= 15 is 0 Å². The molecule has 1 aliphatic heterocycles. The van der Waals surface area contributed by atoms with Crippen LogP contribution in [0.2, 0.25) is 0 Å². The van der Waals surface area contributed by atoms with Crippen molar-refractivity contribution in [1.29, 1.82) is 0 Å². The fraction of sp³-hybridized carbons (Fsp3) is 0.529. The normalized spacial score (nSPS) is 20.2. The summed E-state index contributed by atoms with van der Waals surface area (Å²) < 4.78 is 8.27. The summed E-state index contributed by atoms with van der Waals surface area (Å²) in [6.07, 6.45) is 2.48. The molecule has 1 aliphatic rings. The maximum Gasteiger partial charge on any atom is 0.0881 e. The van der Waals surface area contributed by atoms with Gasteiger partial charge in [-0.3, -0.25) is 0 Å². The highest BCUT2D eigenvalue weighted by Gasteiger charge is 2.19. The number of hydrogen-bond donors (Lipinski definition) is 1. The van der Waals surface area contributed by atoms with Crippen LogP contribution in [0, 0.1) is 0 Å². The van der Waals surface area contributed by atoms with Gasteiger partial charge in [-0.2, -0.15) is 0 Å². The highest BCUT2D eigenvalue weighted by atomic mass is 16.5. The Morgan fingerprint density at radius 3 is 3.05 bits per heavy atom. The smallest absolute Gasteiger partial charge is 0.0881 e. The maximum absolute atomic E-state index is 5.91. The highest BCUT2D eigenvalue weighted by Crippen LogP contribution is 2.21. The number of para-hydroxylation sites is 1. The molecule has 0 radical (unpaired) electrons. The van der Waals surface area contributed by atoms with Gasteiger partial charge in [0.05, 0.1) is 24.8 Å². The quantitative estimate of drug-likeness (QED) is 0.913. The summed E-state index contributed by atoms with van der Waals surface area (Å²) in [7, 11) is 2.17. The van der Waals surface area contributed by atoms with E-state index in [0.29, 0.717) is 0 Å². The van der Waals surface area contributed by atoms with Crippen LogP contribution in [-0.2, 0) is 17.8 Å². The van der Waals surface area contributed by atoms with E-state index in [2.05, 4.69) is 59.2 Å². The molecule has 1 N–H and O–H groups in total. The summed E-state index contributed by atoms with van der Waals surface area (Å²) >= 11 is 0. The molecule has 1 aromatic heterocycles. The number of nitrogens with zero attached hydrogens (tertiary/aromatic N) is 2. The Hall–Kier alpha value is -1.36. The zero-order chi connectivity index (χ0) is 14.7. The lowest BCUT2D eigenvalue weighted by molar-refractivity contribution is -0.0269. The van der Waals surface area contributed by atoms with Crippen molar-refractivity contribution in [2.45, 2.75) is 26.1 Å². The molecule has 3 rings (SSSR count). The first-order valence-electron chi connectivity index (χ1n) is 7.85. The summed E-state index contributed by atoms with van der Waals surface area (Å²) in [5.41, 5.74) is 2.71. The van der Waals surface area contributed by atoms with Crippen LogP contribution in [0.4, 0.5) is 0 Å². The van der Waals surface area contributed by atoms with Crippen LogP contribution < -0.4 is 5.32 Å². The molecule has 1 unspecified atom stereocenters. The largest absolute Gasteiger partial charge is 0.374 e. The summed E-state index contributed by atoms with van der Waals surface area (Å²) in [6, 6.07) is 8.76. The molecule has 2 aromatic rings. The number of fused-ring (bicyclic) bond motifs is 1. The van der Waals surface area contributed by atoms with Crippen LogP contribution in [-0.4, -0.2) is 48.9 Å². The van der Waals surface area contributed by atoms with Gasteiger partial charge in [-0.05, 0) is 30.6 Å². The number of hydrogen-bond acceptors (Lipinski definition) is 3. The molecule has 0 aliphatic carbocycles. The van der Waals surface area contributed by atoms with Crippen molar-refractivity contribution in [3.8, 4) is 0 Å². The zero-order valence-corrected chi connectivity index (χ0v) is 13.0. The molecule has 21 heavy (non-hydrogen) atoms. The first-order chi connectivity index (χ1) is 10.3. The lowest BCUT2D eigenvalue weighted by Crippen LogP contribution is -2.41. The van der Waals surface area contributed by atoms with Gasteiger partial charge in [-0.15, -0.1) is 0 Å². The fourth-order valence-electron chi connectivity index (χ4n) is 3.09. The minimum atomic E-state index is 0.284. The molecule has 1 atom stereocenters. The number of nitrogens with one attached hydrogen (secondary N) is 1. The maximum atomic E-state index is 5.91. The van der Waals surface area contributed by atoms with E-state index in [1.807, 2.05) is 0 Å². The van der Waals surface area contributed by atoms with Crippen molar-refractivity contribution >= 4 is 10.9 Å². The van der Waals surface area contributed by atoms with Gasteiger partial charge >= 0.3 is 0 Å². The Morgan fingerprint density at radius 1 is 1.33 bits per heavy atom. The average molecular weight is 287 g/mol. The summed E-state index contributed by atoms with van der Waals surface area (Å²) in [5.74, 6) is 0. The number of rotatable bonds is 5. The lowest BCUT2D eigenvalue weighted by Gasteiger charge is -2.30. The van der Waals surface area contributed by atoms with Crippen molar-refractivity contribution < 1.29 is 4.74 Å². The van der Waals surface area contributed by atoms with Crippen LogP contribution in [0.1, 0.15) is 12.5 Å². The van der Waals surface area contributed by atoms with Gasteiger partial charge < -0.3 is 19.5 Å². The molecule has 0 amide bonds. The second kappa shape index (κ2) is 6.60. The summed E-state index contributed by atoms with van der Waals surface area (Å²) in [5, 5.41) is 4.75. The van der Waals surface area contributed by atoms with Gasteiger partial charge in [-0.1, -0.05) is 25.1 Å². The molecule has 114 valence electrons. The molecule has 0 bridgehead atoms. The van der Waals surface area contributed by atoms with E-state index in [1.54, 1.807) is 0 Å². The second-order valence-electron chi connectivity index (χ2n) is 5.86.